The molecule has 0 aliphatic carbocycles. The third-order valence-corrected chi connectivity index (χ3v) is 2.83. The Morgan fingerprint density at radius 3 is 2.44 bits per heavy atom. The average Bonchev–Trinajstić information content (AvgIpc) is 2.24. The van der Waals surface area contributed by atoms with E-state index in [1.807, 2.05) is 0 Å². The standard InChI is InChI=1S/C11H13ClF3NO.ClH/c12-10-7(9(16)5-2-6-17)3-1-4-8(10)11(13,14)15;/h1,3-4,9,17H,2,5-6,16H2;1H/t9-;/m1./s1. The highest BCUT2D eigenvalue weighted by Crippen LogP contribution is 2.38. The first-order valence-corrected chi connectivity index (χ1v) is 5.47. The molecule has 18 heavy (non-hydrogen) atoms. The van der Waals surface area contributed by atoms with E-state index in [9.17, 15) is 13.2 Å². The largest absolute Gasteiger partial charge is 0.417 e. The topological polar surface area (TPSA) is 46.2 Å². The summed E-state index contributed by atoms with van der Waals surface area (Å²) in [7, 11) is 0. The number of hydrogen-bond donors (Lipinski definition) is 2. The lowest BCUT2D eigenvalue weighted by Crippen LogP contribution is -2.14. The van der Waals surface area contributed by atoms with Gasteiger partial charge in [-0.15, -0.1) is 12.4 Å². The van der Waals surface area contributed by atoms with Crippen LogP contribution in [0.2, 0.25) is 5.02 Å². The first-order chi connectivity index (χ1) is 7.88. The molecule has 0 saturated heterocycles. The van der Waals surface area contributed by atoms with Crippen molar-refractivity contribution in [2.75, 3.05) is 6.61 Å². The summed E-state index contributed by atoms with van der Waals surface area (Å²) >= 11 is 5.70. The van der Waals surface area contributed by atoms with Gasteiger partial charge in [0.25, 0.3) is 0 Å². The molecule has 1 atom stereocenters. The molecule has 0 heterocycles. The highest BCUT2D eigenvalue weighted by atomic mass is 35.5. The van der Waals surface area contributed by atoms with Crippen LogP contribution >= 0.6 is 24.0 Å². The summed E-state index contributed by atoms with van der Waals surface area (Å²) in [5.74, 6) is 0. The van der Waals surface area contributed by atoms with Crippen molar-refractivity contribution in [3.8, 4) is 0 Å². The van der Waals surface area contributed by atoms with Gasteiger partial charge in [0, 0.05) is 12.6 Å². The Labute approximate surface area is 114 Å². The predicted octanol–water partition coefficient (Wildman–Crippen LogP) is 3.55. The maximum absolute atomic E-state index is 12.6. The van der Waals surface area contributed by atoms with Gasteiger partial charge in [-0.05, 0) is 24.5 Å². The SMILES string of the molecule is Cl.N[C@H](CCCO)c1cccc(C(F)(F)F)c1Cl. The number of nitrogens with two attached hydrogens (primary N) is 1. The Balaban J connectivity index is 0.00000289. The third-order valence-electron chi connectivity index (χ3n) is 2.41. The lowest BCUT2D eigenvalue weighted by atomic mass is 10.0. The zero-order chi connectivity index (χ0) is 13.1. The minimum absolute atomic E-state index is 0. The van der Waals surface area contributed by atoms with Gasteiger partial charge in [0.2, 0.25) is 0 Å². The first-order valence-electron chi connectivity index (χ1n) is 5.10. The second kappa shape index (κ2) is 7.19. The van der Waals surface area contributed by atoms with Gasteiger partial charge in [0.05, 0.1) is 10.6 Å². The van der Waals surface area contributed by atoms with E-state index in [1.165, 1.54) is 12.1 Å². The van der Waals surface area contributed by atoms with Crippen molar-refractivity contribution < 1.29 is 18.3 Å². The molecule has 1 aromatic rings. The molecule has 0 aliphatic rings. The van der Waals surface area contributed by atoms with Crippen molar-refractivity contribution in [3.63, 3.8) is 0 Å². The van der Waals surface area contributed by atoms with Crippen molar-refractivity contribution in [2.24, 2.45) is 5.73 Å². The lowest BCUT2D eigenvalue weighted by molar-refractivity contribution is -0.137. The molecule has 0 spiro atoms. The number of alkyl halides is 3. The Kier molecular flexibility index (Phi) is 6.99. The molecular weight excluding hydrogens is 290 g/mol. The first kappa shape index (κ1) is 17.5. The van der Waals surface area contributed by atoms with E-state index in [4.69, 9.17) is 22.4 Å². The highest BCUT2D eigenvalue weighted by molar-refractivity contribution is 6.32. The number of rotatable bonds is 4. The molecular formula is C11H14Cl2F3NO. The van der Waals surface area contributed by atoms with Crippen LogP contribution in [0.15, 0.2) is 18.2 Å². The van der Waals surface area contributed by atoms with E-state index in [0.717, 1.165) is 6.07 Å². The van der Waals surface area contributed by atoms with Crippen LogP contribution in [0.5, 0.6) is 0 Å². The quantitative estimate of drug-likeness (QED) is 0.893. The third kappa shape index (κ3) is 4.31. The van der Waals surface area contributed by atoms with Crippen LogP contribution in [0, 0.1) is 0 Å². The number of aliphatic hydroxyl groups excluding tert-OH is 1. The molecule has 0 aromatic heterocycles. The zero-order valence-electron chi connectivity index (χ0n) is 9.38. The van der Waals surface area contributed by atoms with Crippen LogP contribution in [-0.2, 0) is 6.18 Å². The van der Waals surface area contributed by atoms with Gasteiger partial charge in [-0.2, -0.15) is 13.2 Å². The Bertz CT molecular complexity index is 385. The number of benzene rings is 1. The van der Waals surface area contributed by atoms with Crippen molar-refractivity contribution in [2.45, 2.75) is 25.1 Å². The Morgan fingerprint density at radius 2 is 1.94 bits per heavy atom. The summed E-state index contributed by atoms with van der Waals surface area (Å²) in [6.07, 6.45) is -3.67. The van der Waals surface area contributed by atoms with E-state index in [2.05, 4.69) is 0 Å². The molecule has 0 bridgehead atoms. The van der Waals surface area contributed by atoms with Crippen molar-refractivity contribution in [1.29, 1.82) is 0 Å². The average molecular weight is 304 g/mol. The summed E-state index contributed by atoms with van der Waals surface area (Å²) in [6.45, 7) is -0.0513. The summed E-state index contributed by atoms with van der Waals surface area (Å²) in [6, 6.07) is 3.07. The lowest BCUT2D eigenvalue weighted by Gasteiger charge is -2.16. The molecule has 0 saturated carbocycles. The number of hydrogen-bond acceptors (Lipinski definition) is 2. The molecule has 7 heteroatoms. The molecule has 0 radical (unpaired) electrons. The maximum Gasteiger partial charge on any atom is 0.417 e. The van der Waals surface area contributed by atoms with Crippen molar-refractivity contribution >= 4 is 24.0 Å². The van der Waals surface area contributed by atoms with Crippen LogP contribution < -0.4 is 5.73 Å². The summed E-state index contributed by atoms with van der Waals surface area (Å²) in [5.41, 5.74) is 5.11. The van der Waals surface area contributed by atoms with E-state index in [0.29, 0.717) is 12.8 Å². The molecule has 0 amide bonds. The second-order valence-electron chi connectivity index (χ2n) is 3.68. The van der Waals surface area contributed by atoms with E-state index < -0.39 is 17.8 Å². The Hall–Kier alpha value is -0.490. The molecule has 104 valence electrons. The molecule has 0 fully saturated rings. The minimum atomic E-state index is -4.48. The van der Waals surface area contributed by atoms with Gasteiger partial charge in [-0.3, -0.25) is 0 Å². The summed E-state index contributed by atoms with van der Waals surface area (Å²) in [4.78, 5) is 0. The van der Waals surface area contributed by atoms with E-state index in [1.54, 1.807) is 0 Å². The van der Waals surface area contributed by atoms with Gasteiger partial charge in [-0.1, -0.05) is 23.7 Å². The van der Waals surface area contributed by atoms with E-state index >= 15 is 0 Å². The monoisotopic (exact) mass is 303 g/mol. The number of halogens is 5. The molecule has 3 N–H and O–H groups in total. The molecule has 1 rings (SSSR count). The van der Waals surface area contributed by atoms with Gasteiger partial charge in [0.15, 0.2) is 0 Å². The summed E-state index contributed by atoms with van der Waals surface area (Å²) < 4.78 is 37.7. The fourth-order valence-electron chi connectivity index (χ4n) is 1.52. The van der Waals surface area contributed by atoms with E-state index in [-0.39, 0.29) is 29.6 Å². The van der Waals surface area contributed by atoms with Gasteiger partial charge >= 0.3 is 6.18 Å². The van der Waals surface area contributed by atoms with Crippen LogP contribution in [0.4, 0.5) is 13.2 Å². The normalized spacial score (nSPS) is 13.0. The molecule has 2 nitrogen and oxygen atoms in total. The summed E-state index contributed by atoms with van der Waals surface area (Å²) in [5, 5.41) is 8.29. The zero-order valence-corrected chi connectivity index (χ0v) is 10.9. The van der Waals surface area contributed by atoms with Crippen LogP contribution in [0.25, 0.3) is 0 Å². The van der Waals surface area contributed by atoms with Crippen LogP contribution in [-0.4, -0.2) is 11.7 Å². The highest BCUT2D eigenvalue weighted by Gasteiger charge is 2.34. The van der Waals surface area contributed by atoms with Crippen molar-refractivity contribution in [3.05, 3.63) is 34.3 Å². The predicted molar refractivity (Wildman–Crippen MR) is 67.0 cm³/mol. The fraction of sp³-hybridized carbons (Fsp3) is 0.455. The maximum atomic E-state index is 12.6. The smallest absolute Gasteiger partial charge is 0.396 e. The second-order valence-corrected chi connectivity index (χ2v) is 4.06. The molecule has 0 unspecified atom stereocenters. The van der Waals surface area contributed by atoms with Crippen LogP contribution in [0.1, 0.15) is 30.0 Å². The Morgan fingerprint density at radius 1 is 1.33 bits per heavy atom. The van der Waals surface area contributed by atoms with Gasteiger partial charge in [0.1, 0.15) is 0 Å². The molecule has 0 aliphatic heterocycles. The minimum Gasteiger partial charge on any atom is -0.396 e. The molecule has 1 aromatic carbocycles. The van der Waals surface area contributed by atoms with Crippen molar-refractivity contribution in [1.82, 2.24) is 0 Å². The van der Waals surface area contributed by atoms with Gasteiger partial charge in [-0.25, -0.2) is 0 Å². The fourth-order valence-corrected chi connectivity index (χ4v) is 1.90. The number of aliphatic hydroxyl groups is 1. The van der Waals surface area contributed by atoms with Crippen LogP contribution in [0.3, 0.4) is 0 Å². The van der Waals surface area contributed by atoms with Gasteiger partial charge < -0.3 is 10.8 Å².